The molecule has 0 amide bonds. The van der Waals surface area contributed by atoms with E-state index in [0.717, 1.165) is 0 Å². The van der Waals surface area contributed by atoms with Crippen molar-refractivity contribution in [1.29, 1.82) is 0 Å². The first kappa shape index (κ1) is 7.83. The second-order valence-corrected chi connectivity index (χ2v) is 5.24. The molecule has 0 fully saturated rings. The molecule has 0 saturated heterocycles. The Morgan fingerprint density at radius 1 is 1.71 bits per heavy atom. The van der Waals surface area contributed by atoms with E-state index in [1.165, 1.54) is 6.42 Å². The highest BCUT2D eigenvalue weighted by Gasteiger charge is 2.13. The molecule has 0 heterocycles. The Kier molecular flexibility index (Phi) is 3.33. The molecule has 0 nitrogen and oxygen atoms in total. The van der Waals surface area contributed by atoms with E-state index in [4.69, 9.17) is 0 Å². The summed E-state index contributed by atoms with van der Waals surface area (Å²) in [6.45, 7) is 4.35. The first-order valence-electron chi connectivity index (χ1n) is 2.36. The first-order valence-corrected chi connectivity index (χ1v) is 4.38. The summed E-state index contributed by atoms with van der Waals surface area (Å²) in [5.74, 6) is 0. The zero-order chi connectivity index (χ0) is 5.91. The van der Waals surface area contributed by atoms with Crippen LogP contribution in [0, 0.1) is 0 Å². The maximum atomic E-state index is 3.54. The lowest BCUT2D eigenvalue weighted by atomic mass is 10.4. The van der Waals surface area contributed by atoms with E-state index in [0.29, 0.717) is 3.66 Å². The molecule has 1 atom stereocenters. The largest absolute Gasteiger partial charge is 0.147 e. The number of rotatable bonds is 2. The van der Waals surface area contributed by atoms with Crippen LogP contribution in [0.2, 0.25) is 0 Å². The monoisotopic (exact) mass is 182 g/mol. The fourth-order valence-corrected chi connectivity index (χ4v) is 0.433. The average molecular weight is 183 g/mol. The Balaban J connectivity index is 3.36. The van der Waals surface area contributed by atoms with Crippen molar-refractivity contribution in [3.05, 3.63) is 0 Å². The minimum Gasteiger partial charge on any atom is -0.147 e. The Labute approximate surface area is 58.2 Å². The zero-order valence-corrected chi connectivity index (χ0v) is 7.40. The molecule has 7 heavy (non-hydrogen) atoms. The predicted molar refractivity (Wildman–Crippen MR) is 41.1 cm³/mol. The lowest BCUT2D eigenvalue weighted by molar-refractivity contribution is 0.865. The van der Waals surface area contributed by atoms with Crippen LogP contribution in [0.1, 0.15) is 20.3 Å². The highest BCUT2D eigenvalue weighted by Crippen LogP contribution is 2.32. The molecule has 2 heteroatoms. The molecule has 0 radical (unpaired) electrons. The van der Waals surface area contributed by atoms with Gasteiger partial charge in [0.05, 0.1) is 3.66 Å². The molecule has 0 bridgehead atoms. The third-order valence-corrected chi connectivity index (χ3v) is 3.73. The van der Waals surface area contributed by atoms with Crippen LogP contribution in [0.4, 0.5) is 0 Å². The summed E-state index contributed by atoms with van der Waals surface area (Å²) in [6.07, 6.45) is 3.28. The van der Waals surface area contributed by atoms with Crippen LogP contribution in [0.3, 0.4) is 0 Å². The number of halogens is 1. The van der Waals surface area contributed by atoms with Crippen molar-refractivity contribution in [3.8, 4) is 0 Å². The predicted octanol–water partition coefficient (Wildman–Crippen LogP) is 2.87. The fourth-order valence-electron chi connectivity index (χ4n) is 0.144. The Bertz CT molecular complexity index is 46.0. The van der Waals surface area contributed by atoms with Crippen molar-refractivity contribution in [2.45, 2.75) is 23.9 Å². The number of hydrogen-bond acceptors (Lipinski definition) is 1. The van der Waals surface area contributed by atoms with E-state index in [-0.39, 0.29) is 0 Å². The maximum Gasteiger partial charge on any atom is 0.0675 e. The molecule has 0 aromatic rings. The van der Waals surface area contributed by atoms with Gasteiger partial charge in [0.1, 0.15) is 0 Å². The molecule has 0 aliphatic rings. The van der Waals surface area contributed by atoms with E-state index in [1.54, 1.807) is 0 Å². The van der Waals surface area contributed by atoms with Gasteiger partial charge in [-0.1, -0.05) is 22.9 Å². The molecule has 0 N–H and O–H groups in total. The molecule has 0 aliphatic carbocycles. The highest BCUT2D eigenvalue weighted by atomic mass is 79.9. The molecule has 44 valence electrons. The van der Waals surface area contributed by atoms with Gasteiger partial charge in [-0.25, -0.2) is 0 Å². The van der Waals surface area contributed by atoms with Crippen LogP contribution in [-0.2, 0) is 0 Å². The standard InChI is InChI=1S/C5H11BrS/c1-4-5(2,6)7-3/h4H2,1-3H3/t5-/m0/s1. The molecule has 0 unspecified atom stereocenters. The fraction of sp³-hybridized carbons (Fsp3) is 1.00. The summed E-state index contributed by atoms with van der Waals surface area (Å²) in [4.78, 5) is 0. The molecular formula is C5H11BrS. The topological polar surface area (TPSA) is 0 Å². The van der Waals surface area contributed by atoms with Gasteiger partial charge in [-0.15, -0.1) is 11.8 Å². The van der Waals surface area contributed by atoms with Gasteiger partial charge in [0.25, 0.3) is 0 Å². The molecule has 0 saturated carbocycles. The van der Waals surface area contributed by atoms with Crippen LogP contribution in [0.15, 0.2) is 0 Å². The van der Waals surface area contributed by atoms with Gasteiger partial charge in [-0.2, -0.15) is 0 Å². The summed E-state index contributed by atoms with van der Waals surface area (Å²) in [7, 11) is 0. The Morgan fingerprint density at radius 3 is 2.14 bits per heavy atom. The summed E-state index contributed by atoms with van der Waals surface area (Å²) in [5.41, 5.74) is 0. The zero-order valence-electron chi connectivity index (χ0n) is 4.99. The van der Waals surface area contributed by atoms with Gasteiger partial charge in [0, 0.05) is 0 Å². The summed E-state index contributed by atoms with van der Waals surface area (Å²) in [5, 5.41) is 0. The Morgan fingerprint density at radius 2 is 2.14 bits per heavy atom. The van der Waals surface area contributed by atoms with Crippen LogP contribution in [0.25, 0.3) is 0 Å². The summed E-state index contributed by atoms with van der Waals surface area (Å²) < 4.78 is 0.313. The van der Waals surface area contributed by atoms with Crippen molar-refractivity contribution in [3.63, 3.8) is 0 Å². The van der Waals surface area contributed by atoms with E-state index in [9.17, 15) is 0 Å². The van der Waals surface area contributed by atoms with Crippen molar-refractivity contribution in [2.75, 3.05) is 6.26 Å². The van der Waals surface area contributed by atoms with Crippen LogP contribution < -0.4 is 0 Å². The van der Waals surface area contributed by atoms with Gasteiger partial charge in [0.15, 0.2) is 0 Å². The smallest absolute Gasteiger partial charge is 0.0675 e. The third kappa shape index (κ3) is 3.42. The van der Waals surface area contributed by atoms with Gasteiger partial charge in [0.2, 0.25) is 0 Å². The van der Waals surface area contributed by atoms with Crippen molar-refractivity contribution < 1.29 is 0 Å². The van der Waals surface area contributed by atoms with Crippen LogP contribution >= 0.6 is 27.7 Å². The van der Waals surface area contributed by atoms with E-state index >= 15 is 0 Å². The summed E-state index contributed by atoms with van der Waals surface area (Å²) in [6, 6.07) is 0. The van der Waals surface area contributed by atoms with Crippen molar-refractivity contribution in [2.24, 2.45) is 0 Å². The quantitative estimate of drug-likeness (QED) is 0.593. The second-order valence-electron chi connectivity index (χ2n) is 1.66. The second kappa shape index (κ2) is 2.98. The molecule has 0 aromatic heterocycles. The highest BCUT2D eigenvalue weighted by molar-refractivity contribution is 9.11. The van der Waals surface area contributed by atoms with Gasteiger partial charge >= 0.3 is 0 Å². The molecule has 0 aliphatic heterocycles. The minimum atomic E-state index is 0.313. The lowest BCUT2D eigenvalue weighted by Crippen LogP contribution is -2.05. The number of hydrogen-bond donors (Lipinski definition) is 0. The van der Waals surface area contributed by atoms with Crippen LogP contribution in [-0.4, -0.2) is 9.91 Å². The SMILES string of the molecule is CC[C@@](C)(Br)SC. The van der Waals surface area contributed by atoms with E-state index in [1.807, 2.05) is 11.8 Å². The lowest BCUT2D eigenvalue weighted by Gasteiger charge is -2.15. The van der Waals surface area contributed by atoms with Crippen LogP contribution in [0.5, 0.6) is 0 Å². The minimum absolute atomic E-state index is 0.313. The van der Waals surface area contributed by atoms with Gasteiger partial charge in [-0.3, -0.25) is 0 Å². The van der Waals surface area contributed by atoms with Crippen molar-refractivity contribution in [1.82, 2.24) is 0 Å². The number of thioether (sulfide) groups is 1. The van der Waals surface area contributed by atoms with Crippen molar-refractivity contribution >= 4 is 27.7 Å². The van der Waals surface area contributed by atoms with E-state index in [2.05, 4.69) is 36.0 Å². The van der Waals surface area contributed by atoms with Gasteiger partial charge < -0.3 is 0 Å². The maximum absolute atomic E-state index is 3.54. The Hall–Kier alpha value is 0.830. The molecule has 0 aromatic carbocycles. The normalized spacial score (nSPS) is 18.9. The molecule has 0 spiro atoms. The first-order chi connectivity index (χ1) is 3.12. The average Bonchev–Trinajstić information content (AvgIpc) is 1.68. The molecule has 0 rings (SSSR count). The number of alkyl halides is 1. The molecular weight excluding hydrogens is 172 g/mol. The summed E-state index contributed by atoms with van der Waals surface area (Å²) >= 11 is 5.39. The third-order valence-electron chi connectivity index (χ3n) is 1.06. The van der Waals surface area contributed by atoms with Gasteiger partial charge in [-0.05, 0) is 19.6 Å². The van der Waals surface area contributed by atoms with E-state index < -0.39 is 0 Å².